The molecule has 0 saturated carbocycles. The van der Waals surface area contributed by atoms with Crippen LogP contribution in [-0.2, 0) is 9.53 Å². The summed E-state index contributed by atoms with van der Waals surface area (Å²) < 4.78 is 17.8. The molecule has 0 aliphatic carbocycles. The number of esters is 1. The Morgan fingerprint density at radius 3 is 2.81 bits per heavy atom. The first kappa shape index (κ1) is 20.5. The molecule has 3 heterocycles. The predicted octanol–water partition coefficient (Wildman–Crippen LogP) is 2.79. The van der Waals surface area contributed by atoms with Crippen LogP contribution in [0.1, 0.15) is 24.1 Å². The van der Waals surface area contributed by atoms with Gasteiger partial charge in [-0.1, -0.05) is 47.2 Å². The van der Waals surface area contributed by atoms with E-state index in [9.17, 15) is 9.59 Å². The summed E-state index contributed by atoms with van der Waals surface area (Å²) in [6.45, 7) is 1.90. The maximum atomic E-state index is 13.5. The molecule has 2 aliphatic heterocycles. The van der Waals surface area contributed by atoms with Crippen LogP contribution in [0.3, 0.4) is 0 Å². The molecule has 0 N–H and O–H groups in total. The molecule has 0 fully saturated rings. The van der Waals surface area contributed by atoms with Crippen LogP contribution in [0.2, 0.25) is 5.02 Å². The number of halogens is 1. The zero-order valence-electron chi connectivity index (χ0n) is 17.1. The quantitative estimate of drug-likeness (QED) is 0.552. The van der Waals surface area contributed by atoms with Crippen LogP contribution >= 0.6 is 22.9 Å². The molecule has 7 nitrogen and oxygen atoms in total. The summed E-state index contributed by atoms with van der Waals surface area (Å²) in [6.07, 6.45) is 1.77. The van der Waals surface area contributed by atoms with Gasteiger partial charge in [-0.2, -0.15) is 0 Å². The van der Waals surface area contributed by atoms with Crippen molar-refractivity contribution in [2.75, 3.05) is 13.9 Å². The van der Waals surface area contributed by atoms with Gasteiger partial charge in [-0.25, -0.2) is 9.79 Å². The maximum Gasteiger partial charge on any atom is 0.338 e. The minimum Gasteiger partial charge on any atom is -0.466 e. The first-order valence-electron chi connectivity index (χ1n) is 9.73. The van der Waals surface area contributed by atoms with Gasteiger partial charge in [0.25, 0.3) is 5.56 Å². The standard InChI is InChI=1S/C23H17ClN2O5S/c1-12-19(22(28)29-2)20(14-5-3-4-6-15(14)24)26-21(27)18(32-23(26)25-12)10-13-7-8-16-17(9-13)31-11-30-16/h3-10,20H,11H2,1-2H3/b18-10+. The Hall–Kier alpha value is -3.36. The van der Waals surface area contributed by atoms with Crippen LogP contribution in [0.4, 0.5) is 0 Å². The van der Waals surface area contributed by atoms with Crippen molar-refractivity contribution in [2.45, 2.75) is 13.0 Å². The monoisotopic (exact) mass is 468 g/mol. The predicted molar refractivity (Wildman–Crippen MR) is 120 cm³/mol. The highest BCUT2D eigenvalue weighted by molar-refractivity contribution is 7.07. The highest BCUT2D eigenvalue weighted by Gasteiger charge is 2.34. The van der Waals surface area contributed by atoms with E-state index in [4.69, 9.17) is 25.8 Å². The summed E-state index contributed by atoms with van der Waals surface area (Å²) >= 11 is 7.72. The molecule has 9 heteroatoms. The molecule has 1 atom stereocenters. The Morgan fingerprint density at radius 2 is 2.03 bits per heavy atom. The van der Waals surface area contributed by atoms with Crippen molar-refractivity contribution in [3.05, 3.63) is 89.6 Å². The second kappa shape index (κ2) is 7.96. The topological polar surface area (TPSA) is 79.1 Å². The van der Waals surface area contributed by atoms with E-state index in [0.29, 0.717) is 37.1 Å². The normalized spacial score (nSPS) is 17.2. The van der Waals surface area contributed by atoms with E-state index in [-0.39, 0.29) is 17.9 Å². The minimum absolute atomic E-state index is 0.175. The van der Waals surface area contributed by atoms with Gasteiger partial charge in [0, 0.05) is 5.02 Å². The van der Waals surface area contributed by atoms with Crippen molar-refractivity contribution in [1.82, 2.24) is 4.57 Å². The van der Waals surface area contributed by atoms with E-state index in [1.165, 1.54) is 23.0 Å². The Labute approximate surface area is 191 Å². The summed E-state index contributed by atoms with van der Waals surface area (Å²) in [6, 6.07) is 11.9. The lowest BCUT2D eigenvalue weighted by Gasteiger charge is -2.25. The molecule has 0 radical (unpaired) electrons. The Morgan fingerprint density at radius 1 is 1.25 bits per heavy atom. The molecule has 32 heavy (non-hydrogen) atoms. The lowest BCUT2D eigenvalue weighted by atomic mass is 9.96. The molecule has 162 valence electrons. The van der Waals surface area contributed by atoms with Gasteiger partial charge >= 0.3 is 5.97 Å². The zero-order valence-corrected chi connectivity index (χ0v) is 18.7. The number of benzene rings is 2. The highest BCUT2D eigenvalue weighted by Crippen LogP contribution is 2.35. The molecule has 0 spiro atoms. The number of carbonyl (C=O) groups is 1. The van der Waals surface area contributed by atoms with Gasteiger partial charge in [-0.05, 0) is 42.3 Å². The number of aromatic nitrogens is 1. The summed E-state index contributed by atoms with van der Waals surface area (Å²) in [4.78, 5) is 31.2. The van der Waals surface area contributed by atoms with Gasteiger partial charge in [0.2, 0.25) is 6.79 Å². The summed E-state index contributed by atoms with van der Waals surface area (Å²) in [5, 5.41) is 0.443. The third kappa shape index (κ3) is 3.32. The first-order chi connectivity index (χ1) is 15.5. The number of thiazole rings is 1. The molecule has 1 unspecified atom stereocenters. The third-order valence-electron chi connectivity index (χ3n) is 5.32. The van der Waals surface area contributed by atoms with Crippen LogP contribution in [0, 0.1) is 0 Å². The molecule has 0 bridgehead atoms. The van der Waals surface area contributed by atoms with E-state index in [1.807, 2.05) is 18.2 Å². The van der Waals surface area contributed by atoms with Gasteiger partial charge in [0.15, 0.2) is 16.3 Å². The molecule has 3 aromatic rings. The van der Waals surface area contributed by atoms with Crippen LogP contribution in [0.5, 0.6) is 11.5 Å². The molecule has 5 rings (SSSR count). The maximum absolute atomic E-state index is 13.5. The van der Waals surface area contributed by atoms with E-state index >= 15 is 0 Å². The van der Waals surface area contributed by atoms with E-state index in [2.05, 4.69) is 4.99 Å². The third-order valence-corrected chi connectivity index (χ3v) is 6.65. The van der Waals surface area contributed by atoms with Crippen LogP contribution < -0.4 is 24.4 Å². The number of methoxy groups -OCH3 is 1. The van der Waals surface area contributed by atoms with E-state index in [0.717, 1.165) is 5.56 Å². The van der Waals surface area contributed by atoms with Gasteiger partial charge < -0.3 is 14.2 Å². The number of allylic oxidation sites excluding steroid dienone is 1. The van der Waals surface area contributed by atoms with Gasteiger partial charge in [-0.3, -0.25) is 9.36 Å². The lowest BCUT2D eigenvalue weighted by molar-refractivity contribution is -0.136. The fourth-order valence-corrected chi connectivity index (χ4v) is 5.12. The number of carbonyl (C=O) groups excluding carboxylic acids is 1. The van der Waals surface area contributed by atoms with Crippen molar-refractivity contribution in [3.63, 3.8) is 0 Å². The van der Waals surface area contributed by atoms with E-state index in [1.54, 1.807) is 37.3 Å². The smallest absolute Gasteiger partial charge is 0.338 e. The Balaban J connectivity index is 1.73. The highest BCUT2D eigenvalue weighted by atomic mass is 35.5. The van der Waals surface area contributed by atoms with Crippen LogP contribution in [0.15, 0.2) is 63.5 Å². The Bertz CT molecular complexity index is 1470. The fraction of sp³-hybridized carbons (Fsp3) is 0.174. The molecular weight excluding hydrogens is 452 g/mol. The van der Waals surface area contributed by atoms with Crippen molar-refractivity contribution in [3.8, 4) is 11.5 Å². The van der Waals surface area contributed by atoms with Crippen LogP contribution in [-0.4, -0.2) is 24.4 Å². The largest absolute Gasteiger partial charge is 0.466 e. The Kier molecular flexibility index (Phi) is 5.11. The number of ether oxygens (including phenoxy) is 3. The average Bonchev–Trinajstić information content (AvgIpc) is 3.37. The summed E-state index contributed by atoms with van der Waals surface area (Å²) in [5.74, 6) is 0.742. The zero-order chi connectivity index (χ0) is 22.4. The molecular formula is C23H17ClN2O5S. The van der Waals surface area contributed by atoms with E-state index < -0.39 is 12.0 Å². The second-order valence-electron chi connectivity index (χ2n) is 7.21. The second-order valence-corrected chi connectivity index (χ2v) is 8.62. The number of rotatable bonds is 3. The van der Waals surface area contributed by atoms with Crippen LogP contribution in [0.25, 0.3) is 6.08 Å². The number of hydrogen-bond donors (Lipinski definition) is 0. The summed E-state index contributed by atoms with van der Waals surface area (Å²) in [7, 11) is 1.30. The first-order valence-corrected chi connectivity index (χ1v) is 10.9. The van der Waals surface area contributed by atoms with Crippen molar-refractivity contribution in [1.29, 1.82) is 0 Å². The molecule has 0 amide bonds. The fourth-order valence-electron chi connectivity index (χ4n) is 3.84. The lowest BCUT2D eigenvalue weighted by Crippen LogP contribution is -2.39. The molecule has 1 aromatic heterocycles. The van der Waals surface area contributed by atoms with Gasteiger partial charge in [0.1, 0.15) is 6.04 Å². The van der Waals surface area contributed by atoms with Crippen molar-refractivity contribution in [2.24, 2.45) is 4.99 Å². The van der Waals surface area contributed by atoms with Crippen molar-refractivity contribution >= 4 is 35.0 Å². The molecule has 2 aliphatic rings. The number of hydrogen-bond acceptors (Lipinski definition) is 7. The minimum atomic E-state index is -0.744. The van der Waals surface area contributed by atoms with Crippen molar-refractivity contribution < 1.29 is 19.0 Å². The van der Waals surface area contributed by atoms with Gasteiger partial charge in [0.05, 0.1) is 22.9 Å². The summed E-state index contributed by atoms with van der Waals surface area (Å²) in [5.41, 5.74) is 1.91. The number of fused-ring (bicyclic) bond motifs is 2. The molecule has 2 aromatic carbocycles. The number of nitrogens with zero attached hydrogens (tertiary/aromatic N) is 2. The SMILES string of the molecule is COC(=O)C1=C(C)N=c2s/c(=C/c3ccc4c(c3)OCO4)c(=O)n2C1c1ccccc1Cl. The average molecular weight is 469 g/mol. The van der Waals surface area contributed by atoms with Gasteiger partial charge in [-0.15, -0.1) is 0 Å². The molecule has 0 saturated heterocycles.